The van der Waals surface area contributed by atoms with E-state index in [1.807, 2.05) is 12.1 Å². The summed E-state index contributed by atoms with van der Waals surface area (Å²) in [4.78, 5) is 36.7. The van der Waals surface area contributed by atoms with Crippen molar-refractivity contribution in [2.45, 2.75) is 6.92 Å². The van der Waals surface area contributed by atoms with Crippen LogP contribution in [0.15, 0.2) is 28.7 Å². The lowest BCUT2D eigenvalue weighted by molar-refractivity contribution is -0.143. The van der Waals surface area contributed by atoms with Gasteiger partial charge in [0.25, 0.3) is 0 Å². The lowest BCUT2D eigenvalue weighted by Gasteiger charge is -2.14. The van der Waals surface area contributed by atoms with E-state index in [1.165, 1.54) is 0 Å². The number of ether oxygens (including phenoxy) is 1. The summed E-state index contributed by atoms with van der Waals surface area (Å²) in [6.07, 6.45) is 0. The topological polar surface area (TPSA) is 66.9 Å². The average Bonchev–Trinajstić information content (AvgIpc) is 2.64. The molecule has 0 atom stereocenters. The van der Waals surface area contributed by atoms with Gasteiger partial charge in [-0.2, -0.15) is 0 Å². The fourth-order valence-corrected chi connectivity index (χ4v) is 2.08. The molecule has 6 nitrogen and oxygen atoms in total. The molecular formula is C13H13BrN2O4. The number of urea groups is 1. The van der Waals surface area contributed by atoms with E-state index in [2.05, 4.69) is 15.9 Å². The molecule has 0 radical (unpaired) electrons. The molecule has 1 saturated heterocycles. The van der Waals surface area contributed by atoms with Crippen LogP contribution < -0.4 is 4.74 Å². The van der Waals surface area contributed by atoms with Crippen molar-refractivity contribution >= 4 is 33.8 Å². The van der Waals surface area contributed by atoms with E-state index in [1.54, 1.807) is 19.1 Å². The van der Waals surface area contributed by atoms with Gasteiger partial charge in [0.15, 0.2) is 0 Å². The van der Waals surface area contributed by atoms with Crippen molar-refractivity contribution in [1.29, 1.82) is 0 Å². The van der Waals surface area contributed by atoms with Crippen molar-refractivity contribution in [1.82, 2.24) is 9.80 Å². The smallest absolute Gasteiger partial charge is 0.334 e. The third-order valence-electron chi connectivity index (χ3n) is 2.85. The van der Waals surface area contributed by atoms with E-state index in [0.29, 0.717) is 5.75 Å². The largest absolute Gasteiger partial charge is 0.492 e. The molecule has 4 amide bonds. The van der Waals surface area contributed by atoms with E-state index in [0.717, 1.165) is 14.3 Å². The van der Waals surface area contributed by atoms with Gasteiger partial charge in [-0.3, -0.25) is 19.4 Å². The van der Waals surface area contributed by atoms with Crippen LogP contribution in [-0.2, 0) is 9.59 Å². The zero-order chi connectivity index (χ0) is 14.7. The Morgan fingerprint density at radius 2 is 1.65 bits per heavy atom. The van der Waals surface area contributed by atoms with Crippen molar-refractivity contribution in [2.75, 3.05) is 19.7 Å². The zero-order valence-electron chi connectivity index (χ0n) is 10.8. The number of benzene rings is 1. The maximum atomic E-state index is 11.8. The van der Waals surface area contributed by atoms with Crippen LogP contribution in [0.3, 0.4) is 0 Å². The van der Waals surface area contributed by atoms with Crippen LogP contribution in [0, 0.1) is 0 Å². The van der Waals surface area contributed by atoms with E-state index in [4.69, 9.17) is 4.74 Å². The molecule has 7 heteroatoms. The summed E-state index contributed by atoms with van der Waals surface area (Å²) in [5.41, 5.74) is 0. The quantitative estimate of drug-likeness (QED) is 0.603. The third-order valence-corrected chi connectivity index (χ3v) is 3.38. The molecule has 1 aliphatic rings. The minimum Gasteiger partial charge on any atom is -0.492 e. The van der Waals surface area contributed by atoms with Gasteiger partial charge in [0.05, 0.1) is 6.54 Å². The van der Waals surface area contributed by atoms with Crippen LogP contribution in [0.1, 0.15) is 6.92 Å². The standard InChI is InChI=1S/C13H13BrN2O4/c1-2-15-11(17)12(18)16(13(15)19)7-8-20-10-5-3-9(14)4-6-10/h3-6H,2,7-8H2,1H3. The normalized spacial score (nSPS) is 15.2. The Hall–Kier alpha value is -1.89. The second-order valence-corrected chi connectivity index (χ2v) is 5.01. The predicted octanol–water partition coefficient (Wildman–Crippen LogP) is 1.64. The first-order valence-electron chi connectivity index (χ1n) is 6.10. The molecule has 1 fully saturated rings. The summed E-state index contributed by atoms with van der Waals surface area (Å²) in [7, 11) is 0. The highest BCUT2D eigenvalue weighted by molar-refractivity contribution is 9.10. The summed E-state index contributed by atoms with van der Waals surface area (Å²) in [5, 5.41) is 0. The summed E-state index contributed by atoms with van der Waals surface area (Å²) in [6, 6.07) is 6.60. The number of rotatable bonds is 5. The first-order valence-corrected chi connectivity index (χ1v) is 6.89. The molecule has 2 rings (SSSR count). The number of carbonyl (C=O) groups excluding carboxylic acids is 3. The Kier molecular flexibility index (Phi) is 4.39. The number of halogens is 1. The summed E-state index contributed by atoms with van der Waals surface area (Å²) >= 11 is 3.31. The summed E-state index contributed by atoms with van der Waals surface area (Å²) in [6.45, 7) is 2.03. The highest BCUT2D eigenvalue weighted by Gasteiger charge is 2.43. The molecule has 106 valence electrons. The zero-order valence-corrected chi connectivity index (χ0v) is 12.4. The minimum atomic E-state index is -0.795. The van der Waals surface area contributed by atoms with Gasteiger partial charge in [0.1, 0.15) is 12.4 Å². The van der Waals surface area contributed by atoms with E-state index in [-0.39, 0.29) is 19.7 Å². The van der Waals surface area contributed by atoms with E-state index in [9.17, 15) is 14.4 Å². The van der Waals surface area contributed by atoms with Crippen LogP contribution in [0.5, 0.6) is 5.75 Å². The molecule has 20 heavy (non-hydrogen) atoms. The Labute approximate surface area is 124 Å². The van der Waals surface area contributed by atoms with Gasteiger partial charge in [-0.15, -0.1) is 0 Å². The molecule has 0 aromatic heterocycles. The molecule has 1 heterocycles. The van der Waals surface area contributed by atoms with Gasteiger partial charge >= 0.3 is 17.8 Å². The van der Waals surface area contributed by atoms with Gasteiger partial charge < -0.3 is 4.74 Å². The number of amides is 4. The van der Waals surface area contributed by atoms with Crippen LogP contribution >= 0.6 is 15.9 Å². The average molecular weight is 341 g/mol. The highest BCUT2D eigenvalue weighted by Crippen LogP contribution is 2.16. The monoisotopic (exact) mass is 340 g/mol. The minimum absolute atomic E-state index is 0.0516. The number of carbonyl (C=O) groups is 3. The summed E-state index contributed by atoms with van der Waals surface area (Å²) in [5.74, 6) is -0.941. The first kappa shape index (κ1) is 14.5. The van der Waals surface area contributed by atoms with Crippen LogP contribution in [0.25, 0.3) is 0 Å². The summed E-state index contributed by atoms with van der Waals surface area (Å²) < 4.78 is 6.36. The van der Waals surface area contributed by atoms with Gasteiger partial charge in [-0.25, -0.2) is 4.79 Å². The molecule has 1 aromatic carbocycles. The Morgan fingerprint density at radius 3 is 2.20 bits per heavy atom. The molecule has 0 unspecified atom stereocenters. The second-order valence-electron chi connectivity index (χ2n) is 4.09. The van der Waals surface area contributed by atoms with Gasteiger partial charge in [-0.1, -0.05) is 15.9 Å². The number of imide groups is 2. The van der Waals surface area contributed by atoms with Crippen LogP contribution in [0.4, 0.5) is 4.79 Å². The van der Waals surface area contributed by atoms with Crippen molar-refractivity contribution in [3.05, 3.63) is 28.7 Å². The van der Waals surface area contributed by atoms with Crippen molar-refractivity contribution in [2.24, 2.45) is 0 Å². The number of nitrogens with zero attached hydrogens (tertiary/aromatic N) is 2. The maximum absolute atomic E-state index is 11.8. The first-order chi connectivity index (χ1) is 9.54. The van der Waals surface area contributed by atoms with Gasteiger partial charge in [0, 0.05) is 11.0 Å². The SMILES string of the molecule is CCN1C(=O)C(=O)N(CCOc2ccc(Br)cc2)C1=O. The highest BCUT2D eigenvalue weighted by atomic mass is 79.9. The Balaban J connectivity index is 1.91. The number of hydrogen-bond acceptors (Lipinski definition) is 4. The fraction of sp³-hybridized carbons (Fsp3) is 0.308. The lowest BCUT2D eigenvalue weighted by Crippen LogP contribution is -2.35. The fourth-order valence-electron chi connectivity index (χ4n) is 1.81. The van der Waals surface area contributed by atoms with E-state index >= 15 is 0 Å². The molecule has 0 spiro atoms. The maximum Gasteiger partial charge on any atom is 0.334 e. The van der Waals surface area contributed by atoms with E-state index < -0.39 is 17.8 Å². The van der Waals surface area contributed by atoms with Crippen LogP contribution in [-0.4, -0.2) is 47.3 Å². The molecule has 0 saturated carbocycles. The lowest BCUT2D eigenvalue weighted by atomic mass is 10.3. The second kappa shape index (κ2) is 6.04. The molecule has 1 aliphatic heterocycles. The van der Waals surface area contributed by atoms with Crippen LogP contribution in [0.2, 0.25) is 0 Å². The molecular weight excluding hydrogens is 328 g/mol. The molecule has 1 aromatic rings. The Bertz CT molecular complexity index is 544. The van der Waals surface area contributed by atoms with Crippen molar-refractivity contribution in [3.63, 3.8) is 0 Å². The molecule has 0 aliphatic carbocycles. The van der Waals surface area contributed by atoms with Gasteiger partial charge in [-0.05, 0) is 31.2 Å². The van der Waals surface area contributed by atoms with Gasteiger partial charge in [0.2, 0.25) is 0 Å². The predicted molar refractivity (Wildman–Crippen MR) is 74.1 cm³/mol. The van der Waals surface area contributed by atoms with Crippen molar-refractivity contribution < 1.29 is 19.1 Å². The number of likely N-dealkylation sites (N-methyl/N-ethyl adjacent to an activating group) is 1. The third kappa shape index (κ3) is 2.82. The van der Waals surface area contributed by atoms with Crippen molar-refractivity contribution in [3.8, 4) is 5.75 Å². The molecule has 0 N–H and O–H groups in total. The number of hydrogen-bond donors (Lipinski definition) is 0. The molecule has 0 bridgehead atoms. The Morgan fingerprint density at radius 1 is 1.05 bits per heavy atom.